The molecule has 3 aromatic rings. The second kappa shape index (κ2) is 9.23. The fourth-order valence-corrected chi connectivity index (χ4v) is 3.39. The van der Waals surface area contributed by atoms with Crippen molar-refractivity contribution in [3.8, 4) is 34.7 Å². The number of nitriles is 1. The molecular weight excluding hydrogens is 380 g/mol. The Kier molecular flexibility index (Phi) is 6.48. The van der Waals surface area contributed by atoms with Crippen LogP contribution in [0.4, 0.5) is 0 Å². The minimum Gasteiger partial charge on any atom is -0.490 e. The van der Waals surface area contributed by atoms with Crippen LogP contribution in [-0.2, 0) is 17.6 Å². The lowest BCUT2D eigenvalue weighted by Gasteiger charge is -2.11. The monoisotopic (exact) mass is 404 g/mol. The summed E-state index contributed by atoms with van der Waals surface area (Å²) >= 11 is 0. The zero-order valence-corrected chi connectivity index (χ0v) is 17.3. The van der Waals surface area contributed by atoms with Crippen molar-refractivity contribution in [1.29, 1.82) is 5.26 Å². The van der Waals surface area contributed by atoms with E-state index in [0.717, 1.165) is 18.4 Å². The third-order valence-corrected chi connectivity index (χ3v) is 4.52. The van der Waals surface area contributed by atoms with Crippen molar-refractivity contribution in [2.45, 2.75) is 46.1 Å². The van der Waals surface area contributed by atoms with Gasteiger partial charge in [0.1, 0.15) is 11.8 Å². The quantitative estimate of drug-likeness (QED) is 0.701. The van der Waals surface area contributed by atoms with Crippen LogP contribution in [0.3, 0.4) is 0 Å². The molecule has 0 spiro atoms. The molecule has 0 aliphatic heterocycles. The van der Waals surface area contributed by atoms with Crippen LogP contribution in [0.2, 0.25) is 0 Å². The van der Waals surface area contributed by atoms with E-state index < -0.39 is 0 Å². The van der Waals surface area contributed by atoms with Gasteiger partial charge in [0, 0.05) is 18.1 Å². The second-order valence-electron chi connectivity index (χ2n) is 7.32. The second-order valence-corrected chi connectivity index (χ2v) is 7.32. The van der Waals surface area contributed by atoms with Gasteiger partial charge in [-0.1, -0.05) is 23.4 Å². The van der Waals surface area contributed by atoms with Crippen LogP contribution in [-0.4, -0.2) is 22.2 Å². The molecule has 0 bridgehead atoms. The molecule has 154 valence electrons. The highest BCUT2D eigenvalue weighted by atomic mass is 16.5. The first-order valence-electron chi connectivity index (χ1n) is 9.81. The Balaban J connectivity index is 0.000000589. The van der Waals surface area contributed by atoms with Gasteiger partial charge < -0.3 is 15.0 Å². The normalized spacial score (nSPS) is 12.0. The number of carbonyl (C=O) groups is 1. The van der Waals surface area contributed by atoms with E-state index in [0.29, 0.717) is 28.6 Å². The zero-order valence-electron chi connectivity index (χ0n) is 17.3. The molecule has 0 atom stereocenters. The third-order valence-electron chi connectivity index (χ3n) is 4.52. The van der Waals surface area contributed by atoms with Crippen LogP contribution in [0.5, 0.6) is 5.75 Å². The van der Waals surface area contributed by atoms with Gasteiger partial charge in [-0.05, 0) is 62.4 Å². The number of fused-ring (bicyclic) bond motifs is 1. The van der Waals surface area contributed by atoms with E-state index in [9.17, 15) is 10.1 Å². The van der Waals surface area contributed by atoms with Crippen molar-refractivity contribution in [1.82, 2.24) is 10.1 Å². The summed E-state index contributed by atoms with van der Waals surface area (Å²) in [5.74, 6) is 1.23. The molecule has 0 fully saturated rings. The number of hydrogen-bond donors (Lipinski definition) is 1. The first-order valence-corrected chi connectivity index (χ1v) is 9.81. The minimum absolute atomic E-state index is 0.00290. The SMILES string of the molecule is CC(C)Oc1ccc(-c2nc(-c3cccc4c3CCC4)no2)cc1C#N.CC(N)=O. The molecule has 0 radical (unpaired) electrons. The number of ether oxygens (including phenoxy) is 1. The van der Waals surface area contributed by atoms with Gasteiger partial charge in [-0.15, -0.1) is 0 Å². The molecule has 1 aliphatic rings. The molecule has 1 aliphatic carbocycles. The molecule has 30 heavy (non-hydrogen) atoms. The van der Waals surface area contributed by atoms with Gasteiger partial charge >= 0.3 is 0 Å². The number of nitrogens with zero attached hydrogens (tertiary/aromatic N) is 3. The van der Waals surface area contributed by atoms with Crippen LogP contribution in [0.1, 0.15) is 43.9 Å². The van der Waals surface area contributed by atoms with Crippen molar-refractivity contribution in [3.63, 3.8) is 0 Å². The summed E-state index contributed by atoms with van der Waals surface area (Å²) in [7, 11) is 0. The largest absolute Gasteiger partial charge is 0.490 e. The van der Waals surface area contributed by atoms with E-state index in [1.165, 1.54) is 24.5 Å². The number of hydrogen-bond acceptors (Lipinski definition) is 6. The maximum absolute atomic E-state index is 9.40. The first kappa shape index (κ1) is 21.1. The lowest BCUT2D eigenvalue weighted by molar-refractivity contribution is -0.115. The van der Waals surface area contributed by atoms with Gasteiger partial charge in [-0.2, -0.15) is 10.2 Å². The molecule has 2 aromatic carbocycles. The van der Waals surface area contributed by atoms with Crippen LogP contribution in [0.15, 0.2) is 40.9 Å². The van der Waals surface area contributed by atoms with E-state index >= 15 is 0 Å². The summed E-state index contributed by atoms with van der Waals surface area (Å²) in [6.07, 6.45) is 3.33. The van der Waals surface area contributed by atoms with Gasteiger partial charge in [-0.25, -0.2) is 0 Å². The highest BCUT2D eigenvalue weighted by molar-refractivity contribution is 5.70. The molecule has 7 nitrogen and oxygen atoms in total. The van der Waals surface area contributed by atoms with Crippen LogP contribution in [0, 0.1) is 11.3 Å². The lowest BCUT2D eigenvalue weighted by Crippen LogP contribution is -2.06. The number of amides is 1. The van der Waals surface area contributed by atoms with E-state index in [1.54, 1.807) is 12.1 Å². The number of aryl methyl sites for hydroxylation is 1. The summed E-state index contributed by atoms with van der Waals surface area (Å²) < 4.78 is 11.1. The average Bonchev–Trinajstić information content (AvgIpc) is 3.37. The first-order chi connectivity index (χ1) is 14.4. The van der Waals surface area contributed by atoms with E-state index in [-0.39, 0.29) is 12.0 Å². The summed E-state index contributed by atoms with van der Waals surface area (Å²) in [6.45, 7) is 5.16. The van der Waals surface area contributed by atoms with Gasteiger partial charge in [0.05, 0.1) is 11.7 Å². The van der Waals surface area contributed by atoms with Gasteiger partial charge in [-0.3, -0.25) is 4.79 Å². The highest BCUT2D eigenvalue weighted by Gasteiger charge is 2.19. The summed E-state index contributed by atoms with van der Waals surface area (Å²) in [5, 5.41) is 13.6. The minimum atomic E-state index is -0.333. The maximum atomic E-state index is 9.40. The fraction of sp³-hybridized carbons (Fsp3) is 0.304. The van der Waals surface area contributed by atoms with Crippen molar-refractivity contribution in [3.05, 3.63) is 53.1 Å². The van der Waals surface area contributed by atoms with Crippen LogP contribution < -0.4 is 10.5 Å². The molecule has 4 rings (SSSR count). The molecular formula is C23H24N4O3. The van der Waals surface area contributed by atoms with Gasteiger partial charge in [0.2, 0.25) is 11.7 Å². The van der Waals surface area contributed by atoms with Crippen molar-refractivity contribution in [2.75, 3.05) is 0 Å². The van der Waals surface area contributed by atoms with E-state index in [1.807, 2.05) is 32.0 Å². The topological polar surface area (TPSA) is 115 Å². The molecule has 7 heteroatoms. The number of primary amides is 1. The lowest BCUT2D eigenvalue weighted by atomic mass is 10.0. The third kappa shape index (κ3) is 4.84. The van der Waals surface area contributed by atoms with Crippen molar-refractivity contribution < 1.29 is 14.1 Å². The Bertz CT molecular complexity index is 1090. The molecule has 1 amide bonds. The number of benzene rings is 2. The number of carbonyl (C=O) groups excluding carboxylic acids is 1. The number of nitrogens with two attached hydrogens (primary N) is 1. The number of rotatable bonds is 4. The highest BCUT2D eigenvalue weighted by Crippen LogP contribution is 2.32. The van der Waals surface area contributed by atoms with Crippen molar-refractivity contribution in [2.24, 2.45) is 5.73 Å². The zero-order chi connectivity index (χ0) is 21.7. The van der Waals surface area contributed by atoms with Crippen LogP contribution in [0.25, 0.3) is 22.8 Å². The molecule has 0 saturated carbocycles. The fourth-order valence-electron chi connectivity index (χ4n) is 3.39. The van der Waals surface area contributed by atoms with E-state index in [4.69, 9.17) is 9.26 Å². The Hall–Kier alpha value is -3.66. The Labute approximate surface area is 175 Å². The Morgan fingerprint density at radius 3 is 2.73 bits per heavy atom. The predicted molar refractivity (Wildman–Crippen MR) is 113 cm³/mol. The molecule has 2 N–H and O–H groups in total. The predicted octanol–water partition coefficient (Wildman–Crippen LogP) is 4.04. The summed E-state index contributed by atoms with van der Waals surface area (Å²) in [6, 6.07) is 13.8. The maximum Gasteiger partial charge on any atom is 0.258 e. The van der Waals surface area contributed by atoms with Crippen molar-refractivity contribution >= 4 is 5.91 Å². The van der Waals surface area contributed by atoms with Crippen LogP contribution >= 0.6 is 0 Å². The molecule has 1 heterocycles. The standard InChI is InChI=1S/C21H19N3O2.C2H5NO/c1-13(2)25-19-10-9-15(11-16(19)12-22)21-23-20(24-26-21)18-8-4-6-14-5-3-7-17(14)18;1-2(3)4/h4,6,8-11,13H,3,5,7H2,1-2H3;1H3,(H2,3,4). The van der Waals surface area contributed by atoms with E-state index in [2.05, 4.69) is 28.0 Å². The van der Waals surface area contributed by atoms with Gasteiger partial charge in [0.25, 0.3) is 5.89 Å². The van der Waals surface area contributed by atoms with Gasteiger partial charge in [0.15, 0.2) is 0 Å². The summed E-state index contributed by atoms with van der Waals surface area (Å²) in [4.78, 5) is 13.8. The number of aromatic nitrogens is 2. The summed E-state index contributed by atoms with van der Waals surface area (Å²) in [5.41, 5.74) is 9.37. The average molecular weight is 404 g/mol. The molecule has 0 unspecified atom stereocenters. The Morgan fingerprint density at radius 1 is 1.27 bits per heavy atom. The Morgan fingerprint density at radius 2 is 2.03 bits per heavy atom. The smallest absolute Gasteiger partial charge is 0.258 e. The molecule has 1 aromatic heterocycles. The molecule has 0 saturated heterocycles.